The zero-order valence-corrected chi connectivity index (χ0v) is 8.15. The van der Waals surface area contributed by atoms with Crippen molar-refractivity contribution in [2.24, 2.45) is 0 Å². The summed E-state index contributed by atoms with van der Waals surface area (Å²) < 4.78 is 9.72. The Kier molecular flexibility index (Phi) is 7.57. The largest absolute Gasteiger partial charge is 0.480 e. The third-order valence-corrected chi connectivity index (χ3v) is 1.58. The van der Waals surface area contributed by atoms with Crippen molar-refractivity contribution in [3.05, 3.63) is 0 Å². The van der Waals surface area contributed by atoms with Crippen LogP contribution >= 0.6 is 0 Å². The van der Waals surface area contributed by atoms with Crippen LogP contribution in [0.1, 0.15) is 0 Å². The molecule has 78 valence electrons. The lowest BCUT2D eigenvalue weighted by molar-refractivity contribution is -0.138. The lowest BCUT2D eigenvalue weighted by atomic mass is 10.4. The molecule has 0 atom stereocenters. The summed E-state index contributed by atoms with van der Waals surface area (Å²) in [6.07, 6.45) is 0. The van der Waals surface area contributed by atoms with Crippen LogP contribution in [-0.2, 0) is 14.3 Å². The summed E-state index contributed by atoms with van der Waals surface area (Å²) in [5, 5.41) is 8.56. The van der Waals surface area contributed by atoms with Gasteiger partial charge in [-0.2, -0.15) is 0 Å². The second-order valence-corrected chi connectivity index (χ2v) is 2.66. The van der Waals surface area contributed by atoms with Gasteiger partial charge in [-0.05, 0) is 0 Å². The Bertz CT molecular complexity index is 132. The summed E-state index contributed by atoms with van der Waals surface area (Å²) in [7, 11) is 3.19. The van der Waals surface area contributed by atoms with Gasteiger partial charge >= 0.3 is 5.97 Å². The quantitative estimate of drug-likeness (QED) is 0.569. The maximum atomic E-state index is 10.4. The predicted molar refractivity (Wildman–Crippen MR) is 47.8 cm³/mol. The highest BCUT2D eigenvalue weighted by Crippen LogP contribution is 1.88. The summed E-state index contributed by atoms with van der Waals surface area (Å²) in [5.41, 5.74) is 0. The van der Waals surface area contributed by atoms with E-state index in [4.69, 9.17) is 14.6 Å². The summed E-state index contributed by atoms with van der Waals surface area (Å²) in [6.45, 7) is 2.35. The first-order chi connectivity index (χ1) is 6.20. The molecule has 0 bridgehead atoms. The highest BCUT2D eigenvalue weighted by Gasteiger charge is 2.08. The van der Waals surface area contributed by atoms with Crippen molar-refractivity contribution in [3.8, 4) is 0 Å². The van der Waals surface area contributed by atoms with Gasteiger partial charge in [-0.15, -0.1) is 0 Å². The summed E-state index contributed by atoms with van der Waals surface area (Å²) in [6, 6.07) is 0. The Balaban J connectivity index is 3.66. The molecule has 0 fully saturated rings. The van der Waals surface area contributed by atoms with Gasteiger partial charge in [0, 0.05) is 27.3 Å². The van der Waals surface area contributed by atoms with Crippen molar-refractivity contribution in [2.45, 2.75) is 0 Å². The SMILES string of the molecule is COCCN(CCOC)CC(=O)O. The summed E-state index contributed by atoms with van der Waals surface area (Å²) in [4.78, 5) is 12.2. The molecule has 0 amide bonds. The lowest BCUT2D eigenvalue weighted by Crippen LogP contribution is -2.35. The molecule has 0 saturated heterocycles. The molecule has 5 nitrogen and oxygen atoms in total. The van der Waals surface area contributed by atoms with Gasteiger partial charge in [-0.25, -0.2) is 0 Å². The highest BCUT2D eigenvalue weighted by molar-refractivity contribution is 5.69. The van der Waals surface area contributed by atoms with E-state index >= 15 is 0 Å². The minimum absolute atomic E-state index is 0.0344. The number of carboxylic acids is 1. The maximum absolute atomic E-state index is 10.4. The Labute approximate surface area is 78.2 Å². The van der Waals surface area contributed by atoms with Gasteiger partial charge in [0.2, 0.25) is 0 Å². The number of hydrogen-bond donors (Lipinski definition) is 1. The van der Waals surface area contributed by atoms with Gasteiger partial charge in [-0.1, -0.05) is 0 Å². The van der Waals surface area contributed by atoms with E-state index in [-0.39, 0.29) is 6.54 Å². The van der Waals surface area contributed by atoms with Crippen molar-refractivity contribution in [1.82, 2.24) is 4.90 Å². The van der Waals surface area contributed by atoms with Crippen LogP contribution in [0.5, 0.6) is 0 Å². The minimum atomic E-state index is -0.827. The van der Waals surface area contributed by atoms with Crippen LogP contribution in [0, 0.1) is 0 Å². The molecule has 0 saturated carbocycles. The van der Waals surface area contributed by atoms with Gasteiger partial charge < -0.3 is 14.6 Å². The van der Waals surface area contributed by atoms with E-state index in [2.05, 4.69) is 0 Å². The van der Waals surface area contributed by atoms with Gasteiger partial charge in [-0.3, -0.25) is 9.69 Å². The number of rotatable bonds is 8. The first kappa shape index (κ1) is 12.3. The van der Waals surface area contributed by atoms with Gasteiger partial charge in [0.05, 0.1) is 19.8 Å². The molecule has 0 aromatic carbocycles. The van der Waals surface area contributed by atoms with Crippen LogP contribution in [0.3, 0.4) is 0 Å². The highest BCUT2D eigenvalue weighted by atomic mass is 16.5. The maximum Gasteiger partial charge on any atom is 0.317 e. The van der Waals surface area contributed by atoms with Gasteiger partial charge in [0.15, 0.2) is 0 Å². The lowest BCUT2D eigenvalue weighted by Gasteiger charge is -2.18. The third-order valence-electron chi connectivity index (χ3n) is 1.58. The Hall–Kier alpha value is -0.650. The fraction of sp³-hybridized carbons (Fsp3) is 0.875. The third kappa shape index (κ3) is 7.70. The molecule has 0 unspecified atom stereocenters. The van der Waals surface area contributed by atoms with Crippen LogP contribution in [0.2, 0.25) is 0 Å². The molecule has 1 N–H and O–H groups in total. The van der Waals surface area contributed by atoms with E-state index in [1.54, 1.807) is 19.1 Å². The average Bonchev–Trinajstić information content (AvgIpc) is 2.09. The molecular weight excluding hydrogens is 174 g/mol. The number of methoxy groups -OCH3 is 2. The Morgan fingerprint density at radius 3 is 2.00 bits per heavy atom. The average molecular weight is 191 g/mol. The standard InChI is InChI=1S/C8H17NO4/c1-12-5-3-9(4-6-13-2)7-8(10)11/h3-7H2,1-2H3,(H,10,11). The van der Waals surface area contributed by atoms with Crippen LogP contribution < -0.4 is 0 Å². The molecule has 0 radical (unpaired) electrons. The van der Waals surface area contributed by atoms with E-state index in [9.17, 15) is 4.79 Å². The number of aliphatic carboxylic acids is 1. The molecule has 13 heavy (non-hydrogen) atoms. The van der Waals surface area contributed by atoms with E-state index < -0.39 is 5.97 Å². The monoisotopic (exact) mass is 191 g/mol. The first-order valence-electron chi connectivity index (χ1n) is 4.12. The minimum Gasteiger partial charge on any atom is -0.480 e. The first-order valence-corrected chi connectivity index (χ1v) is 4.12. The fourth-order valence-corrected chi connectivity index (χ4v) is 0.902. The van der Waals surface area contributed by atoms with E-state index in [1.165, 1.54) is 0 Å². The van der Waals surface area contributed by atoms with Crippen LogP contribution in [0.4, 0.5) is 0 Å². The molecule has 0 aromatic heterocycles. The Morgan fingerprint density at radius 2 is 1.69 bits per heavy atom. The summed E-state index contributed by atoms with van der Waals surface area (Å²) in [5.74, 6) is -0.827. The molecule has 0 spiro atoms. The van der Waals surface area contributed by atoms with E-state index in [0.29, 0.717) is 26.3 Å². The molecule has 0 aromatic rings. The Morgan fingerprint density at radius 1 is 1.23 bits per heavy atom. The second-order valence-electron chi connectivity index (χ2n) is 2.66. The van der Waals surface area contributed by atoms with E-state index in [1.807, 2.05) is 0 Å². The van der Waals surface area contributed by atoms with Crippen molar-refractivity contribution < 1.29 is 19.4 Å². The van der Waals surface area contributed by atoms with E-state index in [0.717, 1.165) is 0 Å². The molecule has 0 aliphatic carbocycles. The molecule has 5 heteroatoms. The van der Waals surface area contributed by atoms with Crippen molar-refractivity contribution >= 4 is 5.97 Å². The zero-order valence-electron chi connectivity index (χ0n) is 8.15. The molecule has 0 aliphatic heterocycles. The van der Waals surface area contributed by atoms with Crippen LogP contribution in [0.25, 0.3) is 0 Å². The molecular formula is C8H17NO4. The number of ether oxygens (including phenoxy) is 2. The normalized spacial score (nSPS) is 10.7. The van der Waals surface area contributed by atoms with Crippen LogP contribution in [0.15, 0.2) is 0 Å². The molecule has 0 heterocycles. The van der Waals surface area contributed by atoms with Crippen LogP contribution in [-0.4, -0.2) is 63.0 Å². The van der Waals surface area contributed by atoms with Crippen molar-refractivity contribution in [3.63, 3.8) is 0 Å². The fourth-order valence-electron chi connectivity index (χ4n) is 0.902. The number of nitrogens with zero attached hydrogens (tertiary/aromatic N) is 1. The second kappa shape index (κ2) is 7.97. The zero-order chi connectivity index (χ0) is 10.1. The van der Waals surface area contributed by atoms with Gasteiger partial charge in [0.25, 0.3) is 0 Å². The van der Waals surface area contributed by atoms with Crippen molar-refractivity contribution in [2.75, 3.05) is 47.1 Å². The topological polar surface area (TPSA) is 59.0 Å². The summed E-state index contributed by atoms with van der Waals surface area (Å²) >= 11 is 0. The number of hydrogen-bond acceptors (Lipinski definition) is 4. The predicted octanol–water partition coefficient (Wildman–Crippen LogP) is -0.334. The number of carboxylic acid groups (broad SMARTS) is 1. The molecule has 0 rings (SSSR count). The molecule has 0 aliphatic rings. The smallest absolute Gasteiger partial charge is 0.317 e. The van der Waals surface area contributed by atoms with Crippen molar-refractivity contribution in [1.29, 1.82) is 0 Å². The number of carbonyl (C=O) groups is 1. The van der Waals surface area contributed by atoms with Gasteiger partial charge in [0.1, 0.15) is 0 Å².